The lowest BCUT2D eigenvalue weighted by Gasteiger charge is -2.26. The van der Waals surface area contributed by atoms with Crippen molar-refractivity contribution in [3.63, 3.8) is 0 Å². The molecule has 0 amide bonds. The molecule has 2 aromatic carbocycles. The molecule has 1 heterocycles. The van der Waals surface area contributed by atoms with Crippen LogP contribution in [0.2, 0.25) is 5.02 Å². The van der Waals surface area contributed by atoms with E-state index in [1.54, 1.807) is 18.2 Å². The Morgan fingerprint density at radius 1 is 1.26 bits per heavy atom. The number of carbonyl (C=O) groups excluding carboxylic acids is 1. The molecule has 0 saturated carbocycles. The average Bonchev–Trinajstić information content (AvgIpc) is 3.11. The summed E-state index contributed by atoms with van der Waals surface area (Å²) in [5.74, 6) is -0.184. The topological polar surface area (TPSA) is 64.4 Å². The van der Waals surface area contributed by atoms with Crippen LogP contribution in [0, 0.1) is 0 Å². The van der Waals surface area contributed by atoms with Gasteiger partial charge in [-0.05, 0) is 42.5 Å². The molecule has 0 fully saturated rings. The van der Waals surface area contributed by atoms with E-state index in [9.17, 15) is 4.79 Å². The van der Waals surface area contributed by atoms with Crippen LogP contribution in [0.3, 0.4) is 0 Å². The van der Waals surface area contributed by atoms with E-state index in [4.69, 9.17) is 20.9 Å². The maximum atomic E-state index is 12.5. The third-order valence-corrected chi connectivity index (χ3v) is 5.09. The number of anilines is 1. The van der Waals surface area contributed by atoms with Gasteiger partial charge in [-0.15, -0.1) is 0 Å². The molecule has 3 aromatic rings. The molecule has 0 aliphatic heterocycles. The number of hydrogen-bond donors (Lipinski definition) is 1. The molecule has 5 nitrogen and oxygen atoms in total. The number of nitrogens with zero attached hydrogens (tertiary/aromatic N) is 1. The Morgan fingerprint density at radius 2 is 2.11 bits per heavy atom. The summed E-state index contributed by atoms with van der Waals surface area (Å²) < 4.78 is 10.5. The second-order valence-corrected chi connectivity index (χ2v) is 6.96. The Bertz CT molecular complexity index is 983. The number of aryl methyl sites for hydroxylation is 1. The van der Waals surface area contributed by atoms with Gasteiger partial charge in [-0.2, -0.15) is 0 Å². The van der Waals surface area contributed by atoms with Crippen LogP contribution in [0.15, 0.2) is 53.1 Å². The van der Waals surface area contributed by atoms with Crippen molar-refractivity contribution in [1.29, 1.82) is 0 Å². The van der Waals surface area contributed by atoms with Crippen LogP contribution in [0.4, 0.5) is 5.88 Å². The van der Waals surface area contributed by atoms with E-state index in [1.165, 1.54) is 18.2 Å². The molecule has 6 heteroatoms. The van der Waals surface area contributed by atoms with Gasteiger partial charge in [0.05, 0.1) is 13.2 Å². The summed E-state index contributed by atoms with van der Waals surface area (Å²) in [4.78, 5) is 12.5. The molecule has 1 aliphatic rings. The van der Waals surface area contributed by atoms with Gasteiger partial charge in [0, 0.05) is 10.6 Å². The number of fused-ring (bicyclic) bond motifs is 1. The third kappa shape index (κ3) is 3.43. The van der Waals surface area contributed by atoms with E-state index in [2.05, 4.69) is 22.6 Å². The molecule has 1 N–H and O–H groups in total. The maximum absolute atomic E-state index is 12.5. The molecule has 4 rings (SSSR count). The number of esters is 1. The van der Waals surface area contributed by atoms with Crippen molar-refractivity contribution < 1.29 is 14.1 Å². The van der Waals surface area contributed by atoms with Crippen LogP contribution in [0.25, 0.3) is 11.3 Å². The Hall–Kier alpha value is -2.79. The molecule has 1 aliphatic carbocycles. The predicted molar refractivity (Wildman–Crippen MR) is 104 cm³/mol. The summed E-state index contributed by atoms with van der Waals surface area (Å²) >= 11 is 6.09. The van der Waals surface area contributed by atoms with Crippen molar-refractivity contribution in [3.05, 3.63) is 70.2 Å². The number of carbonyl (C=O) groups is 1. The first-order valence-electron chi connectivity index (χ1n) is 8.85. The number of methoxy groups -OCH3 is 1. The molecular formula is C21H19ClN2O3. The van der Waals surface area contributed by atoms with Gasteiger partial charge in [0.2, 0.25) is 5.88 Å². The van der Waals surface area contributed by atoms with Crippen molar-refractivity contribution in [2.45, 2.75) is 25.3 Å². The standard InChI is InChI=1S/C21H19ClN2O3/c1-26-21(25)18-19(14-8-4-9-15(22)12-14)24-27-20(18)23-17-11-5-7-13-6-2-3-10-16(13)17/h2-4,6,8-10,12,17,23H,5,7,11H2,1H3. The normalized spacial score (nSPS) is 15.9. The first kappa shape index (κ1) is 17.6. The molecule has 27 heavy (non-hydrogen) atoms. The van der Waals surface area contributed by atoms with E-state index >= 15 is 0 Å². The van der Waals surface area contributed by atoms with Gasteiger partial charge in [0.15, 0.2) is 5.56 Å². The predicted octanol–water partition coefficient (Wildman–Crippen LogP) is 5.27. The largest absolute Gasteiger partial charge is 0.465 e. The number of ether oxygens (including phenoxy) is 1. The molecule has 0 radical (unpaired) electrons. The minimum absolute atomic E-state index is 0.0542. The van der Waals surface area contributed by atoms with E-state index in [0.717, 1.165) is 19.3 Å². The fourth-order valence-corrected chi connectivity index (χ4v) is 3.77. The zero-order valence-corrected chi connectivity index (χ0v) is 15.6. The maximum Gasteiger partial charge on any atom is 0.345 e. The first-order chi connectivity index (χ1) is 13.2. The minimum atomic E-state index is -0.502. The molecule has 1 aromatic heterocycles. The van der Waals surface area contributed by atoms with Crippen LogP contribution in [-0.4, -0.2) is 18.2 Å². The Labute approximate surface area is 162 Å². The van der Waals surface area contributed by atoms with Crippen molar-refractivity contribution in [2.75, 3.05) is 12.4 Å². The lowest BCUT2D eigenvalue weighted by molar-refractivity contribution is 0.0602. The molecule has 0 saturated heterocycles. The number of rotatable bonds is 4. The van der Waals surface area contributed by atoms with Crippen LogP contribution in [-0.2, 0) is 11.2 Å². The first-order valence-corrected chi connectivity index (χ1v) is 9.23. The summed E-state index contributed by atoms with van der Waals surface area (Å²) in [6, 6.07) is 15.5. The summed E-state index contributed by atoms with van der Waals surface area (Å²) in [6.07, 6.45) is 3.07. The van der Waals surface area contributed by atoms with Gasteiger partial charge >= 0.3 is 5.97 Å². The second-order valence-electron chi connectivity index (χ2n) is 6.53. The Morgan fingerprint density at radius 3 is 2.93 bits per heavy atom. The third-order valence-electron chi connectivity index (χ3n) is 4.85. The van der Waals surface area contributed by atoms with Crippen molar-refractivity contribution in [3.8, 4) is 11.3 Å². The fraction of sp³-hybridized carbons (Fsp3) is 0.238. The lowest BCUT2D eigenvalue weighted by Crippen LogP contribution is -2.18. The van der Waals surface area contributed by atoms with Crippen LogP contribution >= 0.6 is 11.6 Å². The zero-order chi connectivity index (χ0) is 18.8. The van der Waals surface area contributed by atoms with Gasteiger partial charge < -0.3 is 14.6 Å². The zero-order valence-electron chi connectivity index (χ0n) is 14.9. The second kappa shape index (κ2) is 7.45. The number of benzene rings is 2. The van der Waals surface area contributed by atoms with E-state index in [-0.39, 0.29) is 11.6 Å². The minimum Gasteiger partial charge on any atom is -0.465 e. The SMILES string of the molecule is COC(=O)c1c(-c2cccc(Cl)c2)noc1NC1CCCc2ccccc21. The highest BCUT2D eigenvalue weighted by atomic mass is 35.5. The number of halogens is 1. The molecule has 0 spiro atoms. The summed E-state index contributed by atoms with van der Waals surface area (Å²) in [7, 11) is 1.34. The van der Waals surface area contributed by atoms with Crippen LogP contribution in [0.1, 0.15) is 40.4 Å². The highest BCUT2D eigenvalue weighted by molar-refractivity contribution is 6.30. The smallest absolute Gasteiger partial charge is 0.345 e. The van der Waals surface area contributed by atoms with E-state index in [1.807, 2.05) is 18.2 Å². The highest BCUT2D eigenvalue weighted by Gasteiger charge is 2.28. The van der Waals surface area contributed by atoms with Gasteiger partial charge in [0.1, 0.15) is 5.69 Å². The van der Waals surface area contributed by atoms with Crippen LogP contribution < -0.4 is 5.32 Å². The summed E-state index contributed by atoms with van der Waals surface area (Å²) in [5, 5.41) is 8.04. The molecule has 138 valence electrons. The van der Waals surface area contributed by atoms with Crippen molar-refractivity contribution >= 4 is 23.5 Å². The van der Waals surface area contributed by atoms with Gasteiger partial charge in [-0.3, -0.25) is 0 Å². The summed E-state index contributed by atoms with van der Waals surface area (Å²) in [5.41, 5.74) is 3.93. The molecule has 1 unspecified atom stereocenters. The Kier molecular flexibility index (Phi) is 4.86. The highest BCUT2D eigenvalue weighted by Crippen LogP contribution is 2.36. The molecule has 1 atom stereocenters. The van der Waals surface area contributed by atoms with E-state index in [0.29, 0.717) is 22.2 Å². The van der Waals surface area contributed by atoms with E-state index < -0.39 is 5.97 Å². The number of aromatic nitrogens is 1. The van der Waals surface area contributed by atoms with Crippen molar-refractivity contribution in [1.82, 2.24) is 5.16 Å². The average molecular weight is 383 g/mol. The number of hydrogen-bond acceptors (Lipinski definition) is 5. The quantitative estimate of drug-likeness (QED) is 0.622. The van der Waals surface area contributed by atoms with Gasteiger partial charge in [-0.1, -0.05) is 53.2 Å². The van der Waals surface area contributed by atoms with Crippen LogP contribution in [0.5, 0.6) is 0 Å². The summed E-state index contributed by atoms with van der Waals surface area (Å²) in [6.45, 7) is 0. The molecular weight excluding hydrogens is 364 g/mol. The van der Waals surface area contributed by atoms with Gasteiger partial charge in [-0.25, -0.2) is 4.79 Å². The monoisotopic (exact) mass is 382 g/mol. The van der Waals surface area contributed by atoms with Gasteiger partial charge in [0.25, 0.3) is 0 Å². The number of nitrogens with one attached hydrogen (secondary N) is 1. The molecule has 0 bridgehead atoms. The van der Waals surface area contributed by atoms with Crippen molar-refractivity contribution in [2.24, 2.45) is 0 Å². The fourth-order valence-electron chi connectivity index (χ4n) is 3.58. The lowest BCUT2D eigenvalue weighted by atomic mass is 9.87. The Balaban J connectivity index is 1.73.